The molecule has 1 atom stereocenters. The number of likely N-dealkylation sites (tertiary alicyclic amines) is 1. The van der Waals surface area contributed by atoms with Gasteiger partial charge in [-0.1, -0.05) is 11.3 Å². The number of rotatable bonds is 3. The molecule has 1 saturated heterocycles. The molecule has 6 nitrogen and oxygen atoms in total. The van der Waals surface area contributed by atoms with Crippen molar-refractivity contribution in [1.82, 2.24) is 9.88 Å². The molecule has 0 saturated carbocycles. The molecule has 0 radical (unpaired) electrons. The van der Waals surface area contributed by atoms with Crippen LogP contribution in [0.2, 0.25) is 0 Å². The van der Waals surface area contributed by atoms with Crippen LogP contribution in [0.3, 0.4) is 0 Å². The van der Waals surface area contributed by atoms with Crippen molar-refractivity contribution in [3.8, 4) is 5.75 Å². The monoisotopic (exact) mass is 347 g/mol. The van der Waals surface area contributed by atoms with E-state index in [-0.39, 0.29) is 29.7 Å². The number of carbonyl (C=O) groups excluding carboxylic acids is 2. The number of aromatic nitrogens is 1. The lowest BCUT2D eigenvalue weighted by Gasteiger charge is -2.31. The molecule has 0 spiro atoms. The summed E-state index contributed by atoms with van der Waals surface area (Å²) in [7, 11) is 1.61. The second kappa shape index (κ2) is 6.05. The Morgan fingerprint density at radius 1 is 1.42 bits per heavy atom. The number of hydrogen-bond acceptors (Lipinski definition) is 5. The molecule has 1 aromatic heterocycles. The Labute approximate surface area is 144 Å². The fourth-order valence-electron chi connectivity index (χ4n) is 2.82. The molecule has 3 rings (SSSR count). The topological polar surface area (TPSA) is 71.5 Å². The predicted molar refractivity (Wildman–Crippen MR) is 94.4 cm³/mol. The van der Waals surface area contributed by atoms with Crippen LogP contribution in [-0.4, -0.2) is 40.9 Å². The molecule has 0 aliphatic carbocycles. The van der Waals surface area contributed by atoms with Gasteiger partial charge in [-0.25, -0.2) is 4.98 Å². The number of nitrogens with one attached hydrogen (secondary N) is 1. The highest BCUT2D eigenvalue weighted by molar-refractivity contribution is 7.22. The molecule has 0 bridgehead atoms. The number of fused-ring (bicyclic) bond motifs is 1. The highest BCUT2D eigenvalue weighted by Crippen LogP contribution is 2.31. The molecule has 7 heteroatoms. The van der Waals surface area contributed by atoms with E-state index in [1.807, 2.05) is 39.0 Å². The Hall–Kier alpha value is -2.15. The fourth-order valence-corrected chi connectivity index (χ4v) is 3.72. The van der Waals surface area contributed by atoms with Crippen LogP contribution in [0.1, 0.15) is 27.2 Å². The largest absolute Gasteiger partial charge is 0.497 e. The van der Waals surface area contributed by atoms with Crippen molar-refractivity contribution in [3.05, 3.63) is 18.2 Å². The summed E-state index contributed by atoms with van der Waals surface area (Å²) in [6, 6.07) is 5.59. The molecule has 1 aliphatic rings. The molecule has 1 aromatic carbocycles. The van der Waals surface area contributed by atoms with E-state index in [1.54, 1.807) is 12.0 Å². The summed E-state index contributed by atoms with van der Waals surface area (Å²) in [5, 5.41) is 3.40. The highest BCUT2D eigenvalue weighted by atomic mass is 32.1. The highest BCUT2D eigenvalue weighted by Gasteiger charge is 2.39. The standard InChI is InChI=1S/C17H21N3O3S/c1-17(2,3)20-9-10(7-14(20)21)15(22)19-16-18-12-6-5-11(23-4)8-13(12)24-16/h5-6,8,10H,7,9H2,1-4H3,(H,18,19,22). The zero-order valence-electron chi connectivity index (χ0n) is 14.3. The first-order valence-corrected chi connectivity index (χ1v) is 8.65. The smallest absolute Gasteiger partial charge is 0.231 e. The van der Waals surface area contributed by atoms with Crippen molar-refractivity contribution < 1.29 is 14.3 Å². The van der Waals surface area contributed by atoms with E-state index in [2.05, 4.69) is 10.3 Å². The van der Waals surface area contributed by atoms with Gasteiger partial charge in [0.1, 0.15) is 5.75 Å². The van der Waals surface area contributed by atoms with Gasteiger partial charge in [-0.2, -0.15) is 0 Å². The van der Waals surface area contributed by atoms with Crippen LogP contribution in [-0.2, 0) is 9.59 Å². The van der Waals surface area contributed by atoms with Crippen molar-refractivity contribution >= 4 is 38.5 Å². The normalized spacial score (nSPS) is 18.2. The van der Waals surface area contributed by atoms with Gasteiger partial charge in [0.05, 0.1) is 23.2 Å². The average Bonchev–Trinajstić information content (AvgIpc) is 3.08. The fraction of sp³-hybridized carbons (Fsp3) is 0.471. The van der Waals surface area contributed by atoms with Gasteiger partial charge in [-0.3, -0.25) is 9.59 Å². The molecule has 2 amide bonds. The number of ether oxygens (including phenoxy) is 1. The average molecular weight is 347 g/mol. The number of methoxy groups -OCH3 is 1. The van der Waals surface area contributed by atoms with Crippen LogP contribution in [0.5, 0.6) is 5.75 Å². The number of nitrogens with zero attached hydrogens (tertiary/aromatic N) is 2. The van der Waals surface area contributed by atoms with Crippen molar-refractivity contribution in [2.24, 2.45) is 5.92 Å². The molecular weight excluding hydrogens is 326 g/mol. The molecule has 1 fully saturated rings. The number of benzene rings is 1. The Kier molecular flexibility index (Phi) is 4.21. The number of carbonyl (C=O) groups is 2. The molecule has 1 unspecified atom stereocenters. The van der Waals surface area contributed by atoms with E-state index in [0.717, 1.165) is 16.0 Å². The van der Waals surface area contributed by atoms with Gasteiger partial charge in [-0.15, -0.1) is 0 Å². The van der Waals surface area contributed by atoms with E-state index < -0.39 is 0 Å². The van der Waals surface area contributed by atoms with Crippen molar-refractivity contribution in [3.63, 3.8) is 0 Å². The van der Waals surface area contributed by atoms with Gasteiger partial charge in [0.25, 0.3) is 0 Å². The molecular formula is C17H21N3O3S. The first-order valence-electron chi connectivity index (χ1n) is 7.84. The van der Waals surface area contributed by atoms with Crippen LogP contribution in [0.15, 0.2) is 18.2 Å². The maximum Gasteiger partial charge on any atom is 0.231 e. The Morgan fingerprint density at radius 3 is 2.79 bits per heavy atom. The van der Waals surface area contributed by atoms with Gasteiger partial charge >= 0.3 is 0 Å². The van der Waals surface area contributed by atoms with Crippen LogP contribution in [0.25, 0.3) is 10.2 Å². The first kappa shape index (κ1) is 16.7. The third kappa shape index (κ3) is 3.21. The molecule has 1 aliphatic heterocycles. The summed E-state index contributed by atoms with van der Waals surface area (Å²) in [5.41, 5.74) is 0.549. The van der Waals surface area contributed by atoms with Gasteiger partial charge in [0.2, 0.25) is 11.8 Å². The zero-order valence-corrected chi connectivity index (χ0v) is 15.1. The molecule has 2 heterocycles. The van der Waals surface area contributed by atoms with Crippen LogP contribution in [0.4, 0.5) is 5.13 Å². The quantitative estimate of drug-likeness (QED) is 0.927. The lowest BCUT2D eigenvalue weighted by Crippen LogP contribution is -2.42. The summed E-state index contributed by atoms with van der Waals surface area (Å²) in [4.78, 5) is 30.8. The van der Waals surface area contributed by atoms with Crippen LogP contribution >= 0.6 is 11.3 Å². The SMILES string of the molecule is COc1ccc2nc(NC(=O)C3CC(=O)N(C(C)(C)C)C3)sc2c1. The van der Waals surface area contributed by atoms with Crippen molar-refractivity contribution in [1.29, 1.82) is 0 Å². The summed E-state index contributed by atoms with van der Waals surface area (Å²) in [5.74, 6) is 0.294. The van der Waals surface area contributed by atoms with Gasteiger partial charge in [0.15, 0.2) is 5.13 Å². The second-order valence-corrected chi connectivity index (χ2v) is 7.95. The predicted octanol–water partition coefficient (Wildman–Crippen LogP) is 2.89. The van der Waals surface area contributed by atoms with E-state index in [0.29, 0.717) is 11.7 Å². The lowest BCUT2D eigenvalue weighted by molar-refractivity contribution is -0.131. The number of amides is 2. The third-order valence-electron chi connectivity index (χ3n) is 4.13. The second-order valence-electron chi connectivity index (χ2n) is 6.92. The van der Waals surface area contributed by atoms with Crippen LogP contribution in [0, 0.1) is 5.92 Å². The first-order chi connectivity index (χ1) is 11.3. The Balaban J connectivity index is 1.72. The number of hydrogen-bond donors (Lipinski definition) is 1. The number of anilines is 1. The molecule has 24 heavy (non-hydrogen) atoms. The Morgan fingerprint density at radius 2 is 2.17 bits per heavy atom. The summed E-state index contributed by atoms with van der Waals surface area (Å²) in [6.45, 7) is 6.39. The third-order valence-corrected chi connectivity index (χ3v) is 5.06. The van der Waals surface area contributed by atoms with Crippen molar-refractivity contribution in [2.75, 3.05) is 19.0 Å². The minimum atomic E-state index is -0.335. The minimum absolute atomic E-state index is 0.0247. The number of thiazole rings is 1. The summed E-state index contributed by atoms with van der Waals surface area (Å²) < 4.78 is 6.15. The van der Waals surface area contributed by atoms with E-state index >= 15 is 0 Å². The van der Waals surface area contributed by atoms with Crippen molar-refractivity contribution in [2.45, 2.75) is 32.7 Å². The maximum absolute atomic E-state index is 12.5. The lowest BCUT2D eigenvalue weighted by atomic mass is 10.1. The summed E-state index contributed by atoms with van der Waals surface area (Å²) in [6.07, 6.45) is 0.252. The molecule has 2 aromatic rings. The van der Waals surface area contributed by atoms with Gasteiger partial charge < -0.3 is 15.0 Å². The maximum atomic E-state index is 12.5. The van der Waals surface area contributed by atoms with Gasteiger partial charge in [0, 0.05) is 18.5 Å². The Bertz CT molecular complexity index is 794. The van der Waals surface area contributed by atoms with E-state index in [9.17, 15) is 9.59 Å². The molecule has 128 valence electrons. The van der Waals surface area contributed by atoms with E-state index in [1.165, 1.54) is 11.3 Å². The van der Waals surface area contributed by atoms with E-state index in [4.69, 9.17) is 4.74 Å². The summed E-state index contributed by atoms with van der Waals surface area (Å²) >= 11 is 1.40. The van der Waals surface area contributed by atoms with Crippen LogP contribution < -0.4 is 10.1 Å². The minimum Gasteiger partial charge on any atom is -0.497 e. The zero-order chi connectivity index (χ0) is 17.5. The molecule has 1 N–H and O–H groups in total. The van der Waals surface area contributed by atoms with Gasteiger partial charge in [-0.05, 0) is 39.0 Å².